The molecule has 1 unspecified atom stereocenters. The van der Waals surface area contributed by atoms with Crippen LogP contribution in [-0.2, 0) is 16.9 Å². The Morgan fingerprint density at radius 3 is 2.39 bits per heavy atom. The van der Waals surface area contributed by atoms with Gasteiger partial charge in [-0.15, -0.1) is 0 Å². The Balaban J connectivity index is 2.39. The fraction of sp³-hybridized carbons (Fsp3) is 0.435. The number of hydrogen-bond donors (Lipinski definition) is 1. The van der Waals surface area contributed by atoms with Crippen LogP contribution in [0.3, 0.4) is 0 Å². The van der Waals surface area contributed by atoms with Gasteiger partial charge >= 0.3 is 6.18 Å². The van der Waals surface area contributed by atoms with E-state index in [4.69, 9.17) is 9.47 Å². The molecule has 0 aromatic heterocycles. The maximum Gasteiger partial charge on any atom is 0.423 e. The molecule has 0 radical (unpaired) electrons. The number of aliphatic imine (C=N–C) groups is 1. The van der Waals surface area contributed by atoms with E-state index in [-0.39, 0.29) is 12.4 Å². The van der Waals surface area contributed by atoms with Gasteiger partial charge in [0.25, 0.3) is 0 Å². The molecule has 0 saturated carbocycles. The summed E-state index contributed by atoms with van der Waals surface area (Å²) in [6, 6.07) is 9.87. The van der Waals surface area contributed by atoms with Crippen molar-refractivity contribution in [1.82, 2.24) is 4.90 Å². The van der Waals surface area contributed by atoms with Crippen LogP contribution in [0.5, 0.6) is 5.75 Å². The Morgan fingerprint density at radius 1 is 1.13 bits per heavy atom. The highest BCUT2D eigenvalue weighted by atomic mass is 19.4. The van der Waals surface area contributed by atoms with Crippen molar-refractivity contribution in [2.75, 3.05) is 27.3 Å². The zero-order valence-electron chi connectivity index (χ0n) is 18.5. The van der Waals surface area contributed by atoms with E-state index in [1.54, 1.807) is 25.4 Å². The molecule has 0 saturated heterocycles. The van der Waals surface area contributed by atoms with Crippen LogP contribution in [0.1, 0.15) is 29.2 Å². The van der Waals surface area contributed by atoms with E-state index in [1.165, 1.54) is 19.2 Å². The number of rotatable bonds is 9. The lowest BCUT2D eigenvalue weighted by atomic mass is 9.91. The van der Waals surface area contributed by atoms with Crippen molar-refractivity contribution < 1.29 is 27.8 Å². The summed E-state index contributed by atoms with van der Waals surface area (Å²) in [4.78, 5) is 6.13. The van der Waals surface area contributed by atoms with Crippen molar-refractivity contribution >= 4 is 12.0 Å². The van der Waals surface area contributed by atoms with Gasteiger partial charge < -0.3 is 19.5 Å². The van der Waals surface area contributed by atoms with Crippen molar-refractivity contribution in [2.45, 2.75) is 39.2 Å². The summed E-state index contributed by atoms with van der Waals surface area (Å²) >= 11 is 0. The van der Waals surface area contributed by atoms with E-state index in [2.05, 4.69) is 4.99 Å². The molecule has 8 heteroatoms. The van der Waals surface area contributed by atoms with Crippen molar-refractivity contribution in [1.29, 1.82) is 0 Å². The van der Waals surface area contributed by atoms with E-state index in [0.717, 1.165) is 17.7 Å². The average molecular weight is 438 g/mol. The van der Waals surface area contributed by atoms with E-state index >= 15 is 0 Å². The number of benzene rings is 2. The summed E-state index contributed by atoms with van der Waals surface area (Å²) in [6.07, 6.45) is -3.39. The number of aliphatic hydroxyl groups is 1. The Labute approximate surface area is 181 Å². The molecule has 2 aromatic rings. The third-order valence-corrected chi connectivity index (χ3v) is 5.16. The lowest BCUT2D eigenvalue weighted by Crippen LogP contribution is -2.46. The minimum atomic E-state index is -4.98. The fourth-order valence-electron chi connectivity index (χ4n) is 2.94. The molecule has 31 heavy (non-hydrogen) atoms. The first-order valence-electron chi connectivity index (χ1n) is 9.88. The molecule has 0 heterocycles. The molecule has 170 valence electrons. The second-order valence-electron chi connectivity index (χ2n) is 7.43. The van der Waals surface area contributed by atoms with Crippen LogP contribution in [0, 0.1) is 13.8 Å². The minimum Gasteiger partial charge on any atom is -0.496 e. The van der Waals surface area contributed by atoms with Gasteiger partial charge in [-0.2, -0.15) is 13.2 Å². The van der Waals surface area contributed by atoms with Crippen LogP contribution in [-0.4, -0.2) is 49.8 Å². The van der Waals surface area contributed by atoms with Gasteiger partial charge in [0.2, 0.25) is 5.60 Å². The Kier molecular flexibility index (Phi) is 8.08. The monoisotopic (exact) mass is 438 g/mol. The second-order valence-corrected chi connectivity index (χ2v) is 7.43. The lowest BCUT2D eigenvalue weighted by molar-refractivity contribution is -0.283. The van der Waals surface area contributed by atoms with Gasteiger partial charge in [0, 0.05) is 25.2 Å². The zero-order chi connectivity index (χ0) is 23.2. The Hall–Kier alpha value is -2.58. The second kappa shape index (κ2) is 10.2. The topological polar surface area (TPSA) is 54.3 Å². The largest absolute Gasteiger partial charge is 0.496 e. The first kappa shape index (κ1) is 24.7. The summed E-state index contributed by atoms with van der Waals surface area (Å²) in [6.45, 7) is 5.12. The highest BCUT2D eigenvalue weighted by Gasteiger charge is 2.56. The molecule has 5 nitrogen and oxygen atoms in total. The van der Waals surface area contributed by atoms with Crippen molar-refractivity contribution in [2.24, 2.45) is 4.99 Å². The number of methoxy groups -OCH3 is 1. The van der Waals surface area contributed by atoms with E-state index in [1.807, 2.05) is 37.9 Å². The first-order valence-corrected chi connectivity index (χ1v) is 9.88. The molecule has 1 N–H and O–H groups in total. The number of nitrogens with zero attached hydrogens (tertiary/aromatic N) is 2. The molecule has 0 fully saturated rings. The molecule has 0 aliphatic rings. The number of aryl methyl sites for hydroxylation is 2. The average Bonchev–Trinajstić information content (AvgIpc) is 2.72. The third-order valence-electron chi connectivity index (χ3n) is 5.16. The van der Waals surface area contributed by atoms with Crippen LogP contribution in [0.25, 0.3) is 0 Å². The molecule has 2 aromatic carbocycles. The lowest BCUT2D eigenvalue weighted by Gasteiger charge is -2.32. The summed E-state index contributed by atoms with van der Waals surface area (Å²) in [7, 11) is 3.09. The zero-order valence-corrected chi connectivity index (χ0v) is 18.5. The summed E-state index contributed by atoms with van der Waals surface area (Å²) < 4.78 is 52.6. The van der Waals surface area contributed by atoms with Gasteiger partial charge in [0.1, 0.15) is 5.75 Å². The highest BCUT2D eigenvalue weighted by Crippen LogP contribution is 2.45. The molecule has 2 rings (SSSR count). The minimum absolute atomic E-state index is 0.0575. The molecule has 1 atom stereocenters. The fourth-order valence-corrected chi connectivity index (χ4v) is 2.94. The van der Waals surface area contributed by atoms with Crippen LogP contribution >= 0.6 is 0 Å². The standard InChI is InChI=1S/C23H29F3N2O3/c1-6-28(4)15-27-20-12-21(30-5)19(11-17(20)3)22(29,23(24,25)26)14-31-13-18-10-8-7-9-16(18)2/h7-12,15,29H,6,13-14H2,1-5H3. The number of hydrogen-bond acceptors (Lipinski definition) is 4. The van der Waals surface area contributed by atoms with E-state index < -0.39 is 23.9 Å². The van der Waals surface area contributed by atoms with Gasteiger partial charge in [-0.25, -0.2) is 4.99 Å². The Morgan fingerprint density at radius 2 is 1.81 bits per heavy atom. The van der Waals surface area contributed by atoms with Crippen molar-refractivity contribution in [3.63, 3.8) is 0 Å². The van der Waals surface area contributed by atoms with Crippen molar-refractivity contribution in [3.8, 4) is 5.75 Å². The Bertz CT molecular complexity index is 915. The van der Waals surface area contributed by atoms with Gasteiger partial charge in [0.15, 0.2) is 0 Å². The molecular formula is C23H29F3N2O3. The third kappa shape index (κ3) is 5.77. The van der Waals surface area contributed by atoms with Gasteiger partial charge in [0.05, 0.1) is 32.3 Å². The molecule has 0 bridgehead atoms. The summed E-state index contributed by atoms with van der Waals surface area (Å²) in [5.74, 6) is -0.115. The molecule has 0 aliphatic carbocycles. The van der Waals surface area contributed by atoms with Crippen molar-refractivity contribution in [3.05, 3.63) is 58.7 Å². The van der Waals surface area contributed by atoms with Gasteiger partial charge in [-0.3, -0.25) is 0 Å². The quantitative estimate of drug-likeness (QED) is 0.447. The number of halogens is 3. The number of alkyl halides is 3. The van der Waals surface area contributed by atoms with E-state index in [9.17, 15) is 18.3 Å². The van der Waals surface area contributed by atoms with Gasteiger partial charge in [-0.1, -0.05) is 24.3 Å². The smallest absolute Gasteiger partial charge is 0.423 e. The summed E-state index contributed by atoms with van der Waals surface area (Å²) in [5, 5.41) is 10.8. The SMILES string of the molecule is CCN(C)C=Nc1cc(OC)c(C(O)(COCc2ccccc2C)C(F)(F)F)cc1C. The summed E-state index contributed by atoms with van der Waals surface area (Å²) in [5.41, 5.74) is -1.09. The number of ether oxygens (including phenoxy) is 2. The molecule has 0 aliphatic heterocycles. The van der Waals surface area contributed by atoms with Crippen LogP contribution in [0.2, 0.25) is 0 Å². The maximum atomic E-state index is 14.0. The van der Waals surface area contributed by atoms with Crippen LogP contribution in [0.4, 0.5) is 18.9 Å². The van der Waals surface area contributed by atoms with Crippen LogP contribution in [0.15, 0.2) is 41.4 Å². The molecule has 0 spiro atoms. The predicted octanol–water partition coefficient (Wildman–Crippen LogP) is 4.89. The first-order chi connectivity index (χ1) is 14.5. The normalized spacial score (nSPS) is 14.0. The maximum absolute atomic E-state index is 14.0. The highest BCUT2D eigenvalue weighted by molar-refractivity contribution is 5.65. The van der Waals surface area contributed by atoms with Crippen LogP contribution < -0.4 is 4.74 Å². The molecule has 0 amide bonds. The molecular weight excluding hydrogens is 409 g/mol. The van der Waals surface area contributed by atoms with Gasteiger partial charge in [-0.05, 0) is 43.5 Å². The van der Waals surface area contributed by atoms with E-state index in [0.29, 0.717) is 11.3 Å². The predicted molar refractivity (Wildman–Crippen MR) is 115 cm³/mol.